The number of fused-ring (bicyclic) bond motifs is 3. The van der Waals surface area contributed by atoms with E-state index in [0.29, 0.717) is 35.8 Å². The molecule has 1 saturated carbocycles. The van der Waals surface area contributed by atoms with Crippen LogP contribution in [0.4, 0.5) is 0 Å². The Kier molecular flexibility index (Phi) is 4.29. The Balaban J connectivity index is 1.50. The molecule has 0 radical (unpaired) electrons. The molecule has 0 aliphatic heterocycles. The van der Waals surface area contributed by atoms with Crippen LogP contribution in [-0.4, -0.2) is 31.1 Å². The lowest BCUT2D eigenvalue weighted by Gasteiger charge is -2.11. The zero-order chi connectivity index (χ0) is 17.4. The predicted octanol–water partition coefficient (Wildman–Crippen LogP) is 2.02. The molecule has 3 aromatic heterocycles. The molecule has 1 fully saturated rings. The van der Waals surface area contributed by atoms with Gasteiger partial charge in [0.25, 0.3) is 5.56 Å². The van der Waals surface area contributed by atoms with Crippen LogP contribution in [0.15, 0.2) is 16.2 Å². The number of amides is 1. The maximum absolute atomic E-state index is 12.3. The molecule has 1 aliphatic carbocycles. The summed E-state index contributed by atoms with van der Waals surface area (Å²) in [7, 11) is 1.71. The third-order valence-corrected chi connectivity index (χ3v) is 5.81. The lowest BCUT2D eigenvalue weighted by atomic mass is 10.2. The Labute approximate surface area is 148 Å². The summed E-state index contributed by atoms with van der Waals surface area (Å²) in [5, 5.41) is 13.4. The van der Waals surface area contributed by atoms with Crippen LogP contribution in [0.2, 0.25) is 0 Å². The van der Waals surface area contributed by atoms with E-state index < -0.39 is 0 Å². The summed E-state index contributed by atoms with van der Waals surface area (Å²) in [4.78, 5) is 24.4. The van der Waals surface area contributed by atoms with E-state index in [9.17, 15) is 9.59 Å². The van der Waals surface area contributed by atoms with Gasteiger partial charge in [-0.05, 0) is 30.7 Å². The number of hydrogen-bond acceptors (Lipinski definition) is 5. The average Bonchev–Trinajstić information content (AvgIpc) is 3.32. The first-order valence-electron chi connectivity index (χ1n) is 8.74. The number of hydrogen-bond donors (Lipinski definition) is 1. The highest BCUT2D eigenvalue weighted by Crippen LogP contribution is 2.20. The molecular formula is C17H21N5O2S. The molecule has 8 heteroatoms. The molecule has 0 unspecified atom stereocenters. The fraction of sp³-hybridized carbons (Fsp3) is 0.529. The molecule has 7 nitrogen and oxygen atoms in total. The number of nitrogens with zero attached hydrogens (tertiary/aromatic N) is 4. The largest absolute Gasteiger partial charge is 0.353 e. The lowest BCUT2D eigenvalue weighted by molar-refractivity contribution is -0.121. The molecule has 3 aromatic rings. The van der Waals surface area contributed by atoms with Gasteiger partial charge < -0.3 is 5.32 Å². The van der Waals surface area contributed by atoms with Crippen molar-refractivity contribution in [3.05, 3.63) is 27.6 Å². The molecule has 132 valence electrons. The Hall–Kier alpha value is -2.22. The van der Waals surface area contributed by atoms with E-state index in [1.807, 2.05) is 15.8 Å². The third-order valence-electron chi connectivity index (χ3n) is 4.92. The highest BCUT2D eigenvalue weighted by atomic mass is 32.1. The SMILES string of the molecule is Cn1c(=O)c2sccc2n2c(CCCC(=O)NC3CCCC3)nnc12. The van der Waals surface area contributed by atoms with E-state index in [4.69, 9.17) is 0 Å². The molecule has 1 amide bonds. The summed E-state index contributed by atoms with van der Waals surface area (Å²) in [5.41, 5.74) is 0.797. The molecule has 0 spiro atoms. The fourth-order valence-electron chi connectivity index (χ4n) is 3.59. The molecule has 1 aliphatic rings. The Morgan fingerprint density at radius 1 is 1.36 bits per heavy atom. The van der Waals surface area contributed by atoms with Gasteiger partial charge in [0.1, 0.15) is 10.5 Å². The molecule has 0 atom stereocenters. The molecule has 1 N–H and O–H groups in total. The van der Waals surface area contributed by atoms with Crippen molar-refractivity contribution >= 4 is 33.2 Å². The highest BCUT2D eigenvalue weighted by Gasteiger charge is 2.18. The number of aromatic nitrogens is 4. The first kappa shape index (κ1) is 16.3. The average molecular weight is 359 g/mol. The molecule has 3 heterocycles. The second-order valence-corrected chi connectivity index (χ2v) is 7.57. The molecule has 0 bridgehead atoms. The van der Waals surface area contributed by atoms with Crippen molar-refractivity contribution in [3.63, 3.8) is 0 Å². The Morgan fingerprint density at radius 2 is 2.16 bits per heavy atom. The minimum absolute atomic E-state index is 0.0487. The van der Waals surface area contributed by atoms with Gasteiger partial charge in [0, 0.05) is 25.9 Å². The van der Waals surface area contributed by atoms with Crippen LogP contribution in [0.25, 0.3) is 16.0 Å². The smallest absolute Gasteiger partial charge is 0.272 e. The zero-order valence-corrected chi connectivity index (χ0v) is 15.0. The number of carbonyl (C=O) groups excluding carboxylic acids is 1. The van der Waals surface area contributed by atoms with Crippen LogP contribution in [0, 0.1) is 0 Å². The molecule has 0 saturated heterocycles. The van der Waals surface area contributed by atoms with Gasteiger partial charge in [0.15, 0.2) is 0 Å². The highest BCUT2D eigenvalue weighted by molar-refractivity contribution is 7.17. The Morgan fingerprint density at radius 3 is 2.96 bits per heavy atom. The second-order valence-electron chi connectivity index (χ2n) is 6.65. The van der Waals surface area contributed by atoms with Crippen molar-refractivity contribution in [1.82, 2.24) is 24.5 Å². The predicted molar refractivity (Wildman–Crippen MR) is 96.9 cm³/mol. The van der Waals surface area contributed by atoms with E-state index >= 15 is 0 Å². The van der Waals surface area contributed by atoms with E-state index in [1.165, 1.54) is 28.7 Å². The van der Waals surface area contributed by atoms with Crippen LogP contribution in [-0.2, 0) is 18.3 Å². The number of rotatable bonds is 5. The van der Waals surface area contributed by atoms with Crippen LogP contribution in [0.1, 0.15) is 44.3 Å². The van der Waals surface area contributed by atoms with Crippen molar-refractivity contribution in [3.8, 4) is 0 Å². The summed E-state index contributed by atoms with van der Waals surface area (Å²) in [6.07, 6.45) is 6.49. The van der Waals surface area contributed by atoms with Gasteiger partial charge in [0.05, 0.1) is 5.52 Å². The monoisotopic (exact) mass is 359 g/mol. The van der Waals surface area contributed by atoms with Crippen molar-refractivity contribution in [2.75, 3.05) is 0 Å². The van der Waals surface area contributed by atoms with Gasteiger partial charge >= 0.3 is 0 Å². The zero-order valence-electron chi connectivity index (χ0n) is 14.2. The molecule has 0 aromatic carbocycles. The molecule has 25 heavy (non-hydrogen) atoms. The van der Waals surface area contributed by atoms with Gasteiger partial charge in [-0.3, -0.25) is 18.6 Å². The second kappa shape index (κ2) is 6.59. The van der Waals surface area contributed by atoms with Gasteiger partial charge in [-0.1, -0.05) is 12.8 Å². The van der Waals surface area contributed by atoms with Gasteiger partial charge in [0.2, 0.25) is 11.7 Å². The fourth-order valence-corrected chi connectivity index (χ4v) is 4.44. The van der Waals surface area contributed by atoms with Crippen LogP contribution in [0.5, 0.6) is 0 Å². The first-order chi connectivity index (χ1) is 12.1. The van der Waals surface area contributed by atoms with E-state index in [0.717, 1.165) is 24.2 Å². The lowest BCUT2D eigenvalue weighted by Crippen LogP contribution is -2.32. The van der Waals surface area contributed by atoms with E-state index in [2.05, 4.69) is 15.5 Å². The quantitative estimate of drug-likeness (QED) is 0.756. The number of aryl methyl sites for hydroxylation is 2. The van der Waals surface area contributed by atoms with Crippen molar-refractivity contribution < 1.29 is 4.79 Å². The summed E-state index contributed by atoms with van der Waals surface area (Å²) in [6.45, 7) is 0. The van der Waals surface area contributed by atoms with E-state index in [-0.39, 0.29) is 11.5 Å². The normalized spacial score (nSPS) is 15.4. The standard InChI is InChI=1S/C17H21N5O2S/c1-21-16(24)15-12(9-10-25-15)22-13(19-20-17(21)22)7-4-8-14(23)18-11-5-2-3-6-11/h9-11H,2-8H2,1H3,(H,18,23). The number of nitrogens with one attached hydrogen (secondary N) is 1. The third kappa shape index (κ3) is 2.95. The maximum atomic E-state index is 12.3. The van der Waals surface area contributed by atoms with Crippen LogP contribution < -0.4 is 10.9 Å². The minimum atomic E-state index is -0.0487. The summed E-state index contributed by atoms with van der Waals surface area (Å²) in [5.74, 6) is 1.46. The summed E-state index contributed by atoms with van der Waals surface area (Å²) in [6, 6.07) is 2.29. The first-order valence-corrected chi connectivity index (χ1v) is 9.62. The van der Waals surface area contributed by atoms with Crippen LogP contribution in [0.3, 0.4) is 0 Å². The number of carbonyl (C=O) groups is 1. The minimum Gasteiger partial charge on any atom is -0.353 e. The Bertz CT molecular complexity index is 980. The van der Waals surface area contributed by atoms with Crippen LogP contribution >= 0.6 is 11.3 Å². The summed E-state index contributed by atoms with van der Waals surface area (Å²) < 4.78 is 4.17. The van der Waals surface area contributed by atoms with Crippen molar-refractivity contribution in [2.24, 2.45) is 7.05 Å². The van der Waals surface area contributed by atoms with Gasteiger partial charge in [-0.2, -0.15) is 0 Å². The van der Waals surface area contributed by atoms with Gasteiger partial charge in [-0.25, -0.2) is 0 Å². The van der Waals surface area contributed by atoms with E-state index in [1.54, 1.807) is 7.05 Å². The molecular weight excluding hydrogens is 338 g/mol. The topological polar surface area (TPSA) is 81.3 Å². The maximum Gasteiger partial charge on any atom is 0.272 e. The van der Waals surface area contributed by atoms with Gasteiger partial charge in [-0.15, -0.1) is 21.5 Å². The molecule has 4 rings (SSSR count). The van der Waals surface area contributed by atoms with Crippen molar-refractivity contribution in [2.45, 2.75) is 51.0 Å². The van der Waals surface area contributed by atoms with Crippen molar-refractivity contribution in [1.29, 1.82) is 0 Å². The summed E-state index contributed by atoms with van der Waals surface area (Å²) >= 11 is 1.43. The number of thiophene rings is 1.